The highest BCUT2D eigenvalue weighted by atomic mass is 79.9. The molecule has 1 atom stereocenters. The average molecular weight is 355 g/mol. The van der Waals surface area contributed by atoms with Gasteiger partial charge in [-0.1, -0.05) is 6.92 Å². The van der Waals surface area contributed by atoms with Gasteiger partial charge in [0.05, 0.1) is 6.04 Å². The van der Waals surface area contributed by atoms with Crippen LogP contribution >= 0.6 is 27.3 Å². The van der Waals surface area contributed by atoms with Crippen LogP contribution in [-0.2, 0) is 0 Å². The Kier molecular flexibility index (Phi) is 5.37. The third-order valence-electron chi connectivity index (χ3n) is 2.87. The summed E-state index contributed by atoms with van der Waals surface area (Å²) in [6.45, 7) is 7.28. The molecule has 4 nitrogen and oxygen atoms in total. The van der Waals surface area contributed by atoms with E-state index in [1.54, 1.807) is 17.7 Å². The second-order valence-electron chi connectivity index (χ2n) is 4.63. The van der Waals surface area contributed by atoms with Crippen LogP contribution in [-0.4, -0.2) is 16.5 Å². The van der Waals surface area contributed by atoms with Gasteiger partial charge in [0.2, 0.25) is 0 Å². The summed E-state index contributed by atoms with van der Waals surface area (Å²) >= 11 is 5.37. The lowest BCUT2D eigenvalue weighted by Gasteiger charge is -2.15. The lowest BCUT2D eigenvalue weighted by Crippen LogP contribution is -2.10. The molecule has 0 bridgehead atoms. The van der Waals surface area contributed by atoms with E-state index in [1.807, 2.05) is 0 Å². The van der Waals surface area contributed by atoms with Gasteiger partial charge in [-0.25, -0.2) is 9.97 Å². The second kappa shape index (κ2) is 7.04. The molecule has 2 aromatic heterocycles. The first-order chi connectivity index (χ1) is 9.61. The molecule has 2 rings (SSSR count). The van der Waals surface area contributed by atoms with Crippen LogP contribution < -0.4 is 10.6 Å². The zero-order valence-electron chi connectivity index (χ0n) is 11.9. The number of hydrogen-bond donors (Lipinski definition) is 2. The first-order valence-corrected chi connectivity index (χ1v) is 8.30. The molecule has 2 N–H and O–H groups in total. The van der Waals surface area contributed by atoms with Gasteiger partial charge < -0.3 is 10.6 Å². The number of aromatic nitrogens is 2. The van der Waals surface area contributed by atoms with E-state index in [0.29, 0.717) is 0 Å². The lowest BCUT2D eigenvalue weighted by atomic mass is 10.2. The lowest BCUT2D eigenvalue weighted by molar-refractivity contribution is 0.888. The molecule has 0 fully saturated rings. The highest BCUT2D eigenvalue weighted by Gasteiger charge is 2.13. The molecule has 20 heavy (non-hydrogen) atoms. The average Bonchev–Trinajstić information content (AvgIpc) is 2.86. The summed E-state index contributed by atoms with van der Waals surface area (Å²) in [5, 5.41) is 6.71. The number of rotatable bonds is 6. The summed E-state index contributed by atoms with van der Waals surface area (Å²) in [5.74, 6) is 1.65. The summed E-state index contributed by atoms with van der Waals surface area (Å²) in [6.07, 6.45) is 2.64. The van der Waals surface area contributed by atoms with E-state index in [-0.39, 0.29) is 6.04 Å². The van der Waals surface area contributed by atoms with Crippen molar-refractivity contribution in [2.75, 3.05) is 17.2 Å². The monoisotopic (exact) mass is 354 g/mol. The number of nitrogens with zero attached hydrogens (tertiary/aromatic N) is 2. The first kappa shape index (κ1) is 15.3. The van der Waals surface area contributed by atoms with E-state index in [4.69, 9.17) is 0 Å². The normalized spacial score (nSPS) is 12.2. The molecule has 1 unspecified atom stereocenters. The van der Waals surface area contributed by atoms with Gasteiger partial charge in [-0.15, -0.1) is 11.3 Å². The van der Waals surface area contributed by atoms with Crippen LogP contribution in [0, 0.1) is 6.92 Å². The van der Waals surface area contributed by atoms with E-state index in [1.165, 1.54) is 9.75 Å². The predicted molar refractivity (Wildman–Crippen MR) is 89.6 cm³/mol. The Bertz CT molecular complexity index is 570. The molecule has 0 spiro atoms. The van der Waals surface area contributed by atoms with Gasteiger partial charge >= 0.3 is 0 Å². The summed E-state index contributed by atoms with van der Waals surface area (Å²) < 4.78 is 0.883. The minimum Gasteiger partial charge on any atom is -0.369 e. The molecule has 0 aromatic carbocycles. The zero-order valence-corrected chi connectivity index (χ0v) is 14.3. The molecule has 2 heterocycles. The van der Waals surface area contributed by atoms with Crippen molar-refractivity contribution in [1.29, 1.82) is 0 Å². The van der Waals surface area contributed by atoms with Crippen molar-refractivity contribution in [3.63, 3.8) is 0 Å². The van der Waals surface area contributed by atoms with Gasteiger partial charge in [0, 0.05) is 16.3 Å². The summed E-state index contributed by atoms with van der Waals surface area (Å²) in [4.78, 5) is 11.2. The fourth-order valence-corrected chi connectivity index (χ4v) is 3.14. The Morgan fingerprint density at radius 1 is 1.30 bits per heavy atom. The van der Waals surface area contributed by atoms with Gasteiger partial charge in [-0.3, -0.25) is 0 Å². The minimum atomic E-state index is 0.221. The van der Waals surface area contributed by atoms with Crippen molar-refractivity contribution < 1.29 is 0 Å². The molecule has 6 heteroatoms. The van der Waals surface area contributed by atoms with E-state index >= 15 is 0 Å². The fraction of sp³-hybridized carbons (Fsp3) is 0.429. The van der Waals surface area contributed by atoms with Crippen molar-refractivity contribution in [3.8, 4) is 0 Å². The van der Waals surface area contributed by atoms with Crippen LogP contribution in [0.3, 0.4) is 0 Å². The van der Waals surface area contributed by atoms with E-state index in [0.717, 1.165) is 29.1 Å². The van der Waals surface area contributed by atoms with Crippen LogP contribution in [0.25, 0.3) is 0 Å². The van der Waals surface area contributed by atoms with Crippen LogP contribution in [0.2, 0.25) is 0 Å². The molecule has 0 saturated carbocycles. The minimum absolute atomic E-state index is 0.221. The first-order valence-electron chi connectivity index (χ1n) is 6.69. The van der Waals surface area contributed by atoms with Gasteiger partial charge in [-0.05, 0) is 48.3 Å². The largest absolute Gasteiger partial charge is 0.369 e. The van der Waals surface area contributed by atoms with Crippen molar-refractivity contribution >= 4 is 38.9 Å². The third kappa shape index (κ3) is 3.70. The number of anilines is 2. The molecular weight excluding hydrogens is 336 g/mol. The topological polar surface area (TPSA) is 49.8 Å². The number of hydrogen-bond acceptors (Lipinski definition) is 5. The maximum absolute atomic E-state index is 4.31. The van der Waals surface area contributed by atoms with Crippen molar-refractivity contribution in [2.24, 2.45) is 0 Å². The Balaban J connectivity index is 2.12. The van der Waals surface area contributed by atoms with E-state index in [9.17, 15) is 0 Å². The Labute approximate surface area is 132 Å². The Hall–Kier alpha value is -1.14. The summed E-state index contributed by atoms with van der Waals surface area (Å²) in [6, 6.07) is 4.52. The molecule has 0 saturated heterocycles. The maximum Gasteiger partial charge on any atom is 0.146 e. The molecule has 2 aromatic rings. The number of thiophene rings is 1. The molecule has 0 amide bonds. The predicted octanol–water partition coefficient (Wildman–Crippen LogP) is 4.60. The van der Waals surface area contributed by atoms with Crippen molar-refractivity contribution in [2.45, 2.75) is 33.2 Å². The third-order valence-corrected chi connectivity index (χ3v) is 4.81. The van der Waals surface area contributed by atoms with Gasteiger partial charge in [-0.2, -0.15) is 0 Å². The molecular formula is C14H19BrN4S. The molecule has 0 aliphatic rings. The van der Waals surface area contributed by atoms with Crippen LogP contribution in [0.5, 0.6) is 0 Å². The second-order valence-corrected chi connectivity index (χ2v) is 6.74. The molecule has 0 aliphatic heterocycles. The zero-order chi connectivity index (χ0) is 14.5. The van der Waals surface area contributed by atoms with Crippen LogP contribution in [0.15, 0.2) is 22.9 Å². The van der Waals surface area contributed by atoms with Crippen LogP contribution in [0.4, 0.5) is 11.6 Å². The van der Waals surface area contributed by atoms with Crippen molar-refractivity contribution in [1.82, 2.24) is 9.97 Å². The smallest absolute Gasteiger partial charge is 0.146 e. The Morgan fingerprint density at radius 3 is 2.70 bits per heavy atom. The SMILES string of the molecule is CCCNc1ncnc(NC(C)c2ccc(C)s2)c1Br. The Morgan fingerprint density at radius 2 is 2.05 bits per heavy atom. The molecule has 0 radical (unpaired) electrons. The van der Waals surface area contributed by atoms with Gasteiger partial charge in [0.15, 0.2) is 0 Å². The summed E-state index contributed by atoms with van der Waals surface area (Å²) in [5.41, 5.74) is 0. The summed E-state index contributed by atoms with van der Waals surface area (Å²) in [7, 11) is 0. The standard InChI is InChI=1S/C14H19BrN4S/c1-4-7-16-13-12(15)14(18-8-17-13)19-10(3)11-6-5-9(2)20-11/h5-6,8,10H,4,7H2,1-3H3,(H2,16,17,18,19). The maximum atomic E-state index is 4.31. The quantitative estimate of drug-likeness (QED) is 0.795. The molecule has 108 valence electrons. The van der Waals surface area contributed by atoms with Crippen molar-refractivity contribution in [3.05, 3.63) is 32.7 Å². The van der Waals surface area contributed by atoms with Crippen LogP contribution in [0.1, 0.15) is 36.1 Å². The van der Waals surface area contributed by atoms with Gasteiger partial charge in [0.1, 0.15) is 22.4 Å². The number of halogens is 1. The fourth-order valence-electron chi connectivity index (χ4n) is 1.80. The number of aryl methyl sites for hydroxylation is 1. The molecule has 0 aliphatic carbocycles. The number of nitrogens with one attached hydrogen (secondary N) is 2. The van der Waals surface area contributed by atoms with Gasteiger partial charge in [0.25, 0.3) is 0 Å². The van der Waals surface area contributed by atoms with E-state index < -0.39 is 0 Å². The highest BCUT2D eigenvalue weighted by molar-refractivity contribution is 9.10. The van der Waals surface area contributed by atoms with E-state index in [2.05, 4.69) is 69.4 Å². The highest BCUT2D eigenvalue weighted by Crippen LogP contribution is 2.31.